The number of aliphatic hydroxyl groups is 1. The molecule has 0 fully saturated rings. The molecule has 1 aromatic rings. The Morgan fingerprint density at radius 1 is 0.886 bits per heavy atom. The van der Waals surface area contributed by atoms with Crippen molar-refractivity contribution >= 4 is 29.7 Å². The molecule has 0 saturated heterocycles. The number of carbonyl (C=O) groups is 5. The number of nitrogens with two attached hydrogens (primary N) is 1. The predicted octanol–water partition coefficient (Wildman–Crippen LogP) is -1.69. The second-order valence-corrected chi connectivity index (χ2v) is 8.08. The Hall–Kier alpha value is -3.71. The van der Waals surface area contributed by atoms with E-state index in [1.165, 1.54) is 24.3 Å². The molecule has 0 aromatic heterocycles. The molecule has 0 saturated carbocycles. The average Bonchev–Trinajstić information content (AvgIpc) is 2.80. The number of carboxylic acid groups (broad SMARTS) is 2. The Kier molecular flexibility index (Phi) is 11.6. The zero-order valence-electron chi connectivity index (χ0n) is 19.4. The number of aliphatic hydroxyl groups excluding tert-OH is 1. The lowest BCUT2D eigenvalue weighted by atomic mass is 9.98. The number of rotatable bonds is 14. The third-order valence-electron chi connectivity index (χ3n) is 5.38. The van der Waals surface area contributed by atoms with Gasteiger partial charge in [-0.1, -0.05) is 32.4 Å². The van der Waals surface area contributed by atoms with Crippen molar-refractivity contribution in [1.82, 2.24) is 16.0 Å². The third kappa shape index (κ3) is 9.59. The molecule has 3 amide bonds. The quantitative estimate of drug-likeness (QED) is 0.146. The van der Waals surface area contributed by atoms with E-state index in [1.54, 1.807) is 6.92 Å². The van der Waals surface area contributed by atoms with E-state index >= 15 is 0 Å². The molecule has 5 unspecified atom stereocenters. The molecule has 0 spiro atoms. The van der Waals surface area contributed by atoms with Crippen LogP contribution in [0, 0.1) is 5.92 Å². The van der Waals surface area contributed by atoms with Crippen LogP contribution in [0.3, 0.4) is 0 Å². The van der Waals surface area contributed by atoms with Gasteiger partial charge in [-0.3, -0.25) is 19.2 Å². The van der Waals surface area contributed by atoms with E-state index in [0.29, 0.717) is 12.0 Å². The number of carbonyl (C=O) groups excluding carboxylic acids is 3. The van der Waals surface area contributed by atoms with Crippen LogP contribution in [-0.4, -0.2) is 80.9 Å². The zero-order chi connectivity index (χ0) is 26.7. The van der Waals surface area contributed by atoms with Crippen LogP contribution in [0.1, 0.15) is 32.3 Å². The summed E-state index contributed by atoms with van der Waals surface area (Å²) in [6, 6.07) is 0.144. The molecular weight excluding hydrogens is 464 g/mol. The van der Waals surface area contributed by atoms with Crippen LogP contribution in [0.2, 0.25) is 0 Å². The maximum Gasteiger partial charge on any atom is 0.328 e. The van der Waals surface area contributed by atoms with Gasteiger partial charge in [-0.05, 0) is 23.6 Å². The highest BCUT2D eigenvalue weighted by Gasteiger charge is 2.32. The lowest BCUT2D eigenvalue weighted by molar-refractivity contribution is -0.144. The van der Waals surface area contributed by atoms with Gasteiger partial charge in [0.05, 0.1) is 19.1 Å². The summed E-state index contributed by atoms with van der Waals surface area (Å²) < 4.78 is 0. The lowest BCUT2D eigenvalue weighted by Gasteiger charge is -2.25. The normalized spacial score (nSPS) is 15.1. The minimum atomic E-state index is -1.71. The van der Waals surface area contributed by atoms with Crippen LogP contribution >= 0.6 is 0 Å². The molecule has 0 aliphatic heterocycles. The molecule has 0 aliphatic carbocycles. The number of phenols is 1. The van der Waals surface area contributed by atoms with Gasteiger partial charge in [-0.15, -0.1) is 0 Å². The van der Waals surface area contributed by atoms with Crippen molar-refractivity contribution < 1.29 is 44.4 Å². The second-order valence-electron chi connectivity index (χ2n) is 8.08. The smallest absolute Gasteiger partial charge is 0.328 e. The average molecular weight is 497 g/mol. The Bertz CT molecular complexity index is 907. The van der Waals surface area contributed by atoms with Crippen molar-refractivity contribution in [1.29, 1.82) is 0 Å². The number of hydrogen-bond donors (Lipinski definition) is 8. The first-order valence-electron chi connectivity index (χ1n) is 10.9. The Morgan fingerprint density at radius 3 is 1.89 bits per heavy atom. The molecule has 5 atom stereocenters. The summed E-state index contributed by atoms with van der Waals surface area (Å²) in [7, 11) is 0. The Balaban J connectivity index is 3.14. The van der Waals surface area contributed by atoms with Crippen molar-refractivity contribution in [2.45, 2.75) is 57.3 Å². The fourth-order valence-electron chi connectivity index (χ4n) is 2.97. The van der Waals surface area contributed by atoms with Gasteiger partial charge in [0.15, 0.2) is 0 Å². The van der Waals surface area contributed by atoms with Gasteiger partial charge in [-0.2, -0.15) is 0 Å². The molecule has 0 aliphatic rings. The highest BCUT2D eigenvalue weighted by atomic mass is 16.4. The molecular formula is C22H32N4O9. The fourth-order valence-corrected chi connectivity index (χ4v) is 2.97. The summed E-state index contributed by atoms with van der Waals surface area (Å²) in [5.41, 5.74) is 6.48. The van der Waals surface area contributed by atoms with Crippen molar-refractivity contribution in [3.8, 4) is 5.75 Å². The number of nitrogens with one attached hydrogen (secondary N) is 3. The van der Waals surface area contributed by atoms with Crippen molar-refractivity contribution in [2.24, 2.45) is 11.7 Å². The van der Waals surface area contributed by atoms with E-state index < -0.39 is 66.9 Å². The van der Waals surface area contributed by atoms with Gasteiger partial charge in [0.1, 0.15) is 23.9 Å². The first kappa shape index (κ1) is 29.3. The maximum atomic E-state index is 13.0. The fraction of sp³-hybridized carbons (Fsp3) is 0.500. The van der Waals surface area contributed by atoms with Crippen LogP contribution in [-0.2, 0) is 30.4 Å². The number of amides is 3. The molecule has 9 N–H and O–H groups in total. The zero-order valence-corrected chi connectivity index (χ0v) is 19.4. The van der Waals surface area contributed by atoms with Gasteiger partial charge in [0, 0.05) is 6.42 Å². The first-order valence-corrected chi connectivity index (χ1v) is 10.9. The van der Waals surface area contributed by atoms with E-state index in [1.807, 2.05) is 12.2 Å². The summed E-state index contributed by atoms with van der Waals surface area (Å²) >= 11 is 0. The molecule has 35 heavy (non-hydrogen) atoms. The lowest BCUT2D eigenvalue weighted by Crippen LogP contribution is -2.58. The summed E-state index contributed by atoms with van der Waals surface area (Å²) in [4.78, 5) is 60.5. The molecule has 194 valence electrons. The van der Waals surface area contributed by atoms with Gasteiger partial charge in [0.2, 0.25) is 17.7 Å². The van der Waals surface area contributed by atoms with Crippen molar-refractivity contribution in [3.05, 3.63) is 29.8 Å². The number of aliphatic carboxylic acids is 2. The molecule has 0 heterocycles. The number of benzene rings is 1. The first-order chi connectivity index (χ1) is 16.4. The van der Waals surface area contributed by atoms with Crippen molar-refractivity contribution in [2.75, 3.05) is 6.61 Å². The minimum Gasteiger partial charge on any atom is -0.508 e. The molecule has 1 rings (SSSR count). The van der Waals surface area contributed by atoms with E-state index in [2.05, 4.69) is 10.6 Å². The molecule has 0 radical (unpaired) electrons. The van der Waals surface area contributed by atoms with E-state index in [9.17, 15) is 29.1 Å². The largest absolute Gasteiger partial charge is 0.508 e. The van der Waals surface area contributed by atoms with Gasteiger partial charge >= 0.3 is 11.9 Å². The van der Waals surface area contributed by atoms with Crippen LogP contribution in [0.25, 0.3) is 0 Å². The molecule has 0 bridgehead atoms. The monoisotopic (exact) mass is 496 g/mol. The van der Waals surface area contributed by atoms with Gasteiger partial charge in [0.25, 0.3) is 0 Å². The van der Waals surface area contributed by atoms with Crippen LogP contribution in [0.5, 0.6) is 5.75 Å². The Labute approximate surface area is 201 Å². The topological polar surface area (TPSA) is 228 Å². The highest BCUT2D eigenvalue weighted by molar-refractivity contribution is 5.95. The van der Waals surface area contributed by atoms with E-state index in [0.717, 1.165) is 0 Å². The summed E-state index contributed by atoms with van der Waals surface area (Å²) in [6.45, 7) is 2.64. The summed E-state index contributed by atoms with van der Waals surface area (Å²) in [5, 5.41) is 43.4. The number of hydrogen-bond acceptors (Lipinski definition) is 8. The number of carboxylic acids is 2. The minimum absolute atomic E-state index is 0.0207. The SMILES string of the molecule is CCC(C)C(N)C(=O)NC(Cc1ccc(O)cc1)C(=O)NC(CC(=O)O)C(=O)NC(CO)C(=O)O. The van der Waals surface area contributed by atoms with E-state index in [4.69, 9.17) is 21.1 Å². The molecule has 13 nitrogen and oxygen atoms in total. The maximum absolute atomic E-state index is 13.0. The van der Waals surface area contributed by atoms with Gasteiger partial charge in [-0.25, -0.2) is 4.79 Å². The van der Waals surface area contributed by atoms with Crippen LogP contribution < -0.4 is 21.7 Å². The summed E-state index contributed by atoms with van der Waals surface area (Å²) in [6.07, 6.45) is -0.373. The number of aromatic hydroxyl groups is 1. The molecule has 13 heteroatoms. The van der Waals surface area contributed by atoms with Crippen molar-refractivity contribution in [3.63, 3.8) is 0 Å². The van der Waals surface area contributed by atoms with Gasteiger partial charge < -0.3 is 42.1 Å². The summed E-state index contributed by atoms with van der Waals surface area (Å²) in [5.74, 6) is -5.94. The number of phenolic OH excluding ortho intramolecular Hbond substituents is 1. The van der Waals surface area contributed by atoms with Crippen LogP contribution in [0.15, 0.2) is 24.3 Å². The standard InChI is InChI=1S/C22H32N4O9/c1-3-11(2)18(23)21(33)25-14(8-12-4-6-13(28)7-5-12)19(31)24-15(9-17(29)30)20(32)26-16(10-27)22(34)35/h4-7,11,14-16,18,27-28H,3,8-10,23H2,1-2H3,(H,24,31)(H,25,33)(H,26,32)(H,29,30)(H,34,35). The van der Waals surface area contributed by atoms with Crippen LogP contribution in [0.4, 0.5) is 0 Å². The third-order valence-corrected chi connectivity index (χ3v) is 5.38. The van der Waals surface area contributed by atoms with E-state index in [-0.39, 0.29) is 18.1 Å². The predicted molar refractivity (Wildman–Crippen MR) is 122 cm³/mol. The highest BCUT2D eigenvalue weighted by Crippen LogP contribution is 2.13. The Morgan fingerprint density at radius 2 is 1.40 bits per heavy atom. The second kappa shape index (κ2) is 13.9. The molecule has 1 aromatic carbocycles.